The molecule has 0 unspecified atom stereocenters. The average Bonchev–Trinajstić information content (AvgIpc) is 2.94. The summed E-state index contributed by atoms with van der Waals surface area (Å²) >= 11 is 0. The van der Waals surface area contributed by atoms with Crippen LogP contribution in [0.2, 0.25) is 0 Å². The monoisotopic (exact) mass is 729 g/mol. The molecule has 1 radical (unpaired) electrons. The van der Waals surface area contributed by atoms with Crippen LogP contribution in [-0.2, 0) is 31.3 Å². The molecule has 0 atom stereocenters. The number of nitrogens with zero attached hydrogens (tertiary/aromatic N) is 1. The average molecular weight is 729 g/mol. The summed E-state index contributed by atoms with van der Waals surface area (Å²) in [5, 5.41) is 14.3. The summed E-state index contributed by atoms with van der Waals surface area (Å²) in [7, 11) is 0. The smallest absolute Gasteiger partial charge is 0.162 e. The van der Waals surface area contributed by atoms with E-state index in [1.54, 1.807) is 0 Å². The van der Waals surface area contributed by atoms with E-state index in [0.29, 0.717) is 5.92 Å². The summed E-state index contributed by atoms with van der Waals surface area (Å²) in [6.45, 7) is 12.6. The number of pyridine rings is 1. The molecule has 0 saturated carbocycles. The number of ketones is 1. The van der Waals surface area contributed by atoms with E-state index in [0.717, 1.165) is 71.0 Å². The van der Waals surface area contributed by atoms with Crippen LogP contribution in [0, 0.1) is 23.8 Å². The van der Waals surface area contributed by atoms with Crippen molar-refractivity contribution >= 4 is 27.3 Å². The van der Waals surface area contributed by atoms with Crippen LogP contribution in [0.5, 0.6) is 11.5 Å². The molecule has 1 aliphatic heterocycles. The van der Waals surface area contributed by atoms with Gasteiger partial charge < -0.3 is 14.8 Å². The van der Waals surface area contributed by atoms with Gasteiger partial charge in [-0.2, -0.15) is 0 Å². The molecule has 0 fully saturated rings. The first-order chi connectivity index (χ1) is 19.3. The third-order valence-corrected chi connectivity index (χ3v) is 7.87. The Kier molecular flexibility index (Phi) is 11.7. The molecule has 5 heteroatoms. The quantitative estimate of drug-likeness (QED) is 0.0933. The van der Waals surface area contributed by atoms with Gasteiger partial charge in [0.25, 0.3) is 0 Å². The van der Waals surface area contributed by atoms with Crippen molar-refractivity contribution in [3.05, 3.63) is 78.2 Å². The van der Waals surface area contributed by atoms with Crippen molar-refractivity contribution in [1.29, 1.82) is 0 Å². The fourth-order valence-electron chi connectivity index (χ4n) is 5.55. The van der Waals surface area contributed by atoms with Gasteiger partial charge >= 0.3 is 0 Å². The van der Waals surface area contributed by atoms with Crippen LogP contribution in [0.3, 0.4) is 0 Å². The van der Waals surface area contributed by atoms with Crippen molar-refractivity contribution in [2.75, 3.05) is 0 Å². The van der Waals surface area contributed by atoms with Gasteiger partial charge in [0, 0.05) is 55.3 Å². The Morgan fingerprint density at radius 1 is 0.976 bits per heavy atom. The van der Waals surface area contributed by atoms with Crippen LogP contribution >= 0.6 is 0 Å². The Hall–Kier alpha value is -3.01. The van der Waals surface area contributed by atoms with Crippen molar-refractivity contribution < 1.29 is 34.7 Å². The van der Waals surface area contributed by atoms with Crippen LogP contribution < -0.4 is 4.74 Å². The maximum Gasteiger partial charge on any atom is 0.162 e. The normalized spacial score (nSPS) is 12.2. The van der Waals surface area contributed by atoms with Gasteiger partial charge in [0.15, 0.2) is 5.78 Å². The topological polar surface area (TPSA) is 59.4 Å². The number of hydrogen-bond donors (Lipinski definition) is 1. The number of rotatable bonds is 9. The standard InChI is InChI=1S/C23H18NO.C13H24O2.Ir/c1-14(2)11-15-12-17-9-10-24-22-19-8-7-16-5-3-4-6-18(16)23(19)25-20(13-15)21(17)22;1-5-10(6-2)12(14)9-13(15)11(7-3)8-4;/h3-7,9-10,12-14H,11H2,1-2H3;9-11,14H,5-8H2,1-4H3;/q-1;;/b;12-9-;. The Labute approximate surface area is 258 Å². The van der Waals surface area contributed by atoms with Gasteiger partial charge in [0.05, 0.1) is 11.5 Å². The number of aliphatic hydroxyl groups is 1. The van der Waals surface area contributed by atoms with Crippen LogP contribution in [0.15, 0.2) is 66.6 Å². The number of aromatic nitrogens is 1. The Morgan fingerprint density at radius 3 is 2.32 bits per heavy atom. The second kappa shape index (κ2) is 14.8. The molecule has 0 spiro atoms. The molecule has 219 valence electrons. The summed E-state index contributed by atoms with van der Waals surface area (Å²) in [5.74, 6) is 2.93. The van der Waals surface area contributed by atoms with E-state index in [-0.39, 0.29) is 43.5 Å². The number of hydrogen-bond acceptors (Lipinski definition) is 4. The predicted octanol–water partition coefficient (Wildman–Crippen LogP) is 10.0. The fourth-order valence-corrected chi connectivity index (χ4v) is 5.55. The third kappa shape index (κ3) is 7.26. The van der Waals surface area contributed by atoms with Crippen molar-refractivity contribution in [2.45, 2.75) is 73.6 Å². The number of ether oxygens (including phenoxy) is 1. The molecular weight excluding hydrogens is 687 g/mol. The van der Waals surface area contributed by atoms with E-state index in [2.05, 4.69) is 55.2 Å². The number of aliphatic hydroxyl groups excluding tert-OH is 1. The minimum Gasteiger partial charge on any atom is -0.512 e. The minimum absolute atomic E-state index is 0. The molecule has 4 nitrogen and oxygen atoms in total. The first kappa shape index (κ1) is 32.5. The second-order valence-corrected chi connectivity index (χ2v) is 11.1. The van der Waals surface area contributed by atoms with E-state index < -0.39 is 0 Å². The third-order valence-electron chi connectivity index (χ3n) is 7.87. The van der Waals surface area contributed by atoms with Gasteiger partial charge in [-0.25, -0.2) is 0 Å². The van der Waals surface area contributed by atoms with Gasteiger partial charge in [-0.1, -0.05) is 88.2 Å². The SMILES string of the molecule is CC(C)Cc1cc2c3c(nccc3c1)-c1[c-]cc3ccccc3c1O2.CCC(CC)C(=O)/C=C(\O)C(CC)CC.[Ir]. The second-order valence-electron chi connectivity index (χ2n) is 11.1. The van der Waals surface area contributed by atoms with Crippen molar-refractivity contribution in [3.63, 3.8) is 0 Å². The molecule has 1 aliphatic rings. The van der Waals surface area contributed by atoms with E-state index in [1.165, 1.54) is 17.0 Å². The number of fused-ring (bicyclic) bond motifs is 4. The number of carbonyl (C=O) groups excluding carboxylic acids is 1. The molecule has 4 aromatic rings. The number of allylic oxidation sites excluding steroid dienone is 2. The van der Waals surface area contributed by atoms with Gasteiger partial charge in [-0.05, 0) is 61.1 Å². The zero-order valence-electron chi connectivity index (χ0n) is 25.1. The van der Waals surface area contributed by atoms with Gasteiger partial charge in [0.2, 0.25) is 0 Å². The van der Waals surface area contributed by atoms with Crippen LogP contribution in [0.1, 0.15) is 72.8 Å². The largest absolute Gasteiger partial charge is 0.512 e. The molecule has 0 amide bonds. The molecule has 0 bridgehead atoms. The summed E-state index contributed by atoms with van der Waals surface area (Å²) in [5.41, 5.74) is 3.23. The maximum atomic E-state index is 11.7. The van der Waals surface area contributed by atoms with Gasteiger partial charge in [0.1, 0.15) is 5.75 Å². The van der Waals surface area contributed by atoms with E-state index in [4.69, 9.17) is 4.74 Å². The molecule has 1 aromatic heterocycles. The first-order valence-corrected chi connectivity index (χ1v) is 14.8. The zero-order chi connectivity index (χ0) is 28.8. The summed E-state index contributed by atoms with van der Waals surface area (Å²) in [4.78, 5) is 16.4. The van der Waals surface area contributed by atoms with Gasteiger partial charge in [-0.15, -0.1) is 12.1 Å². The fraction of sp³-hybridized carbons (Fsp3) is 0.389. The molecule has 1 N–H and O–H groups in total. The molecule has 3 aromatic carbocycles. The molecule has 41 heavy (non-hydrogen) atoms. The molecule has 2 heterocycles. The summed E-state index contributed by atoms with van der Waals surface area (Å²) in [6, 6.07) is 20.2. The molecular formula is C36H42IrNO3-. The predicted molar refractivity (Wildman–Crippen MR) is 166 cm³/mol. The van der Waals surface area contributed by atoms with Gasteiger partial charge in [-0.3, -0.25) is 4.79 Å². The number of carbonyl (C=O) groups is 1. The minimum atomic E-state index is 0. The van der Waals surface area contributed by atoms with Crippen LogP contribution in [0.4, 0.5) is 0 Å². The van der Waals surface area contributed by atoms with E-state index >= 15 is 0 Å². The molecule has 5 rings (SSSR count). The Bertz CT molecular complexity index is 1520. The van der Waals surface area contributed by atoms with Crippen molar-refractivity contribution in [2.24, 2.45) is 17.8 Å². The number of benzene rings is 3. The molecule has 0 saturated heterocycles. The van der Waals surface area contributed by atoms with Crippen molar-refractivity contribution in [1.82, 2.24) is 4.98 Å². The van der Waals surface area contributed by atoms with E-state index in [1.807, 2.05) is 52.1 Å². The Morgan fingerprint density at radius 2 is 1.66 bits per heavy atom. The maximum absolute atomic E-state index is 11.7. The van der Waals surface area contributed by atoms with Crippen molar-refractivity contribution in [3.8, 4) is 22.8 Å². The summed E-state index contributed by atoms with van der Waals surface area (Å²) < 4.78 is 6.41. The first-order valence-electron chi connectivity index (χ1n) is 14.8. The van der Waals surface area contributed by atoms with Crippen LogP contribution in [-0.4, -0.2) is 15.9 Å². The molecule has 0 aliphatic carbocycles. The Balaban J connectivity index is 0.000000253. The van der Waals surface area contributed by atoms with E-state index in [9.17, 15) is 9.90 Å². The van der Waals surface area contributed by atoms with Crippen LogP contribution in [0.25, 0.3) is 32.8 Å². The zero-order valence-corrected chi connectivity index (χ0v) is 27.5. The summed E-state index contributed by atoms with van der Waals surface area (Å²) in [6.07, 6.45) is 7.83.